The SMILES string of the molecule is O=C(O)c1ccc(C(F)(F)F)nc1SC1CCCCC1. The van der Waals surface area contributed by atoms with Crippen molar-refractivity contribution in [1.82, 2.24) is 4.98 Å². The quantitative estimate of drug-likeness (QED) is 0.908. The van der Waals surface area contributed by atoms with Crippen molar-refractivity contribution in [2.75, 3.05) is 0 Å². The van der Waals surface area contributed by atoms with E-state index in [1.807, 2.05) is 0 Å². The number of carboxylic acid groups (broad SMARTS) is 1. The van der Waals surface area contributed by atoms with Crippen LogP contribution in [0.4, 0.5) is 13.2 Å². The lowest BCUT2D eigenvalue weighted by molar-refractivity contribution is -0.141. The maximum atomic E-state index is 12.7. The van der Waals surface area contributed by atoms with Gasteiger partial charge in [0.05, 0.1) is 5.56 Å². The molecule has 0 amide bonds. The lowest BCUT2D eigenvalue weighted by Crippen LogP contribution is -2.14. The van der Waals surface area contributed by atoms with Gasteiger partial charge in [-0.15, -0.1) is 11.8 Å². The van der Waals surface area contributed by atoms with Crippen molar-refractivity contribution in [1.29, 1.82) is 0 Å². The van der Waals surface area contributed by atoms with Gasteiger partial charge in [-0.3, -0.25) is 0 Å². The van der Waals surface area contributed by atoms with Gasteiger partial charge in [0, 0.05) is 5.25 Å². The van der Waals surface area contributed by atoms with Gasteiger partial charge < -0.3 is 5.11 Å². The molecule has 0 aliphatic heterocycles. The topological polar surface area (TPSA) is 50.2 Å². The first-order chi connectivity index (χ1) is 9.38. The molecule has 3 nitrogen and oxygen atoms in total. The van der Waals surface area contributed by atoms with Crippen LogP contribution in [0, 0.1) is 0 Å². The Morgan fingerprint density at radius 1 is 1.25 bits per heavy atom. The number of carbonyl (C=O) groups is 1. The predicted octanol–water partition coefficient (Wildman–Crippen LogP) is 4.22. The predicted molar refractivity (Wildman–Crippen MR) is 68.9 cm³/mol. The van der Waals surface area contributed by atoms with E-state index in [0.29, 0.717) is 6.07 Å². The van der Waals surface area contributed by atoms with Gasteiger partial charge >= 0.3 is 12.1 Å². The van der Waals surface area contributed by atoms with Gasteiger partial charge in [0.15, 0.2) is 0 Å². The molecule has 1 heterocycles. The van der Waals surface area contributed by atoms with Crippen LogP contribution in [0.1, 0.15) is 48.2 Å². The summed E-state index contributed by atoms with van der Waals surface area (Å²) >= 11 is 1.16. The van der Waals surface area contributed by atoms with Crippen LogP contribution in [0.25, 0.3) is 0 Å². The summed E-state index contributed by atoms with van der Waals surface area (Å²) in [6.07, 6.45) is 0.402. The Bertz CT molecular complexity index is 499. The zero-order valence-corrected chi connectivity index (χ0v) is 11.4. The summed E-state index contributed by atoms with van der Waals surface area (Å²) in [6.45, 7) is 0. The highest BCUT2D eigenvalue weighted by Crippen LogP contribution is 2.36. The Kier molecular flexibility index (Phi) is 4.57. The first-order valence-corrected chi connectivity index (χ1v) is 7.24. The molecule has 0 bridgehead atoms. The molecular formula is C13H14F3NO2S. The molecule has 7 heteroatoms. The molecule has 0 radical (unpaired) electrons. The third-order valence-electron chi connectivity index (χ3n) is 3.21. The van der Waals surface area contributed by atoms with E-state index in [1.54, 1.807) is 0 Å². The number of hydrogen-bond acceptors (Lipinski definition) is 3. The fourth-order valence-electron chi connectivity index (χ4n) is 2.19. The number of nitrogens with zero attached hydrogens (tertiary/aromatic N) is 1. The first-order valence-electron chi connectivity index (χ1n) is 6.36. The smallest absolute Gasteiger partial charge is 0.433 e. The average Bonchev–Trinajstić information content (AvgIpc) is 2.38. The van der Waals surface area contributed by atoms with Crippen molar-refractivity contribution >= 4 is 17.7 Å². The average molecular weight is 305 g/mol. The molecule has 2 rings (SSSR count). The van der Waals surface area contributed by atoms with Crippen molar-refractivity contribution in [3.05, 3.63) is 23.4 Å². The second-order valence-corrected chi connectivity index (χ2v) is 6.02. The van der Waals surface area contributed by atoms with E-state index in [4.69, 9.17) is 5.11 Å². The molecule has 0 unspecified atom stereocenters. The van der Waals surface area contributed by atoms with E-state index < -0.39 is 17.8 Å². The molecule has 110 valence electrons. The molecule has 0 spiro atoms. The van der Waals surface area contributed by atoms with Crippen molar-refractivity contribution in [3.8, 4) is 0 Å². The normalized spacial score (nSPS) is 17.1. The first kappa shape index (κ1) is 15.2. The molecular weight excluding hydrogens is 291 g/mol. The minimum absolute atomic E-state index is 0.0285. The second-order valence-electron chi connectivity index (χ2n) is 4.73. The minimum atomic E-state index is -4.56. The van der Waals surface area contributed by atoms with E-state index in [2.05, 4.69) is 4.98 Å². The van der Waals surface area contributed by atoms with Gasteiger partial charge in [-0.25, -0.2) is 9.78 Å². The van der Waals surface area contributed by atoms with Crippen LogP contribution in [-0.4, -0.2) is 21.3 Å². The molecule has 0 atom stereocenters. The Hall–Kier alpha value is -1.24. The zero-order valence-electron chi connectivity index (χ0n) is 10.6. The summed E-state index contributed by atoms with van der Waals surface area (Å²) in [5.74, 6) is -1.25. The van der Waals surface area contributed by atoms with Gasteiger partial charge in [0.2, 0.25) is 0 Å². The molecule has 0 saturated heterocycles. The third kappa shape index (κ3) is 3.65. The molecule has 20 heavy (non-hydrogen) atoms. The second kappa shape index (κ2) is 6.03. The van der Waals surface area contributed by atoms with Crippen LogP contribution >= 0.6 is 11.8 Å². The van der Waals surface area contributed by atoms with Crippen molar-refractivity contribution in [2.24, 2.45) is 0 Å². The molecule has 1 N–H and O–H groups in total. The van der Waals surface area contributed by atoms with Crippen LogP contribution in [-0.2, 0) is 6.18 Å². The molecule has 1 fully saturated rings. The van der Waals surface area contributed by atoms with Crippen molar-refractivity contribution in [3.63, 3.8) is 0 Å². The fraction of sp³-hybridized carbons (Fsp3) is 0.538. The molecule has 1 aliphatic rings. The van der Waals surface area contributed by atoms with Crippen LogP contribution in [0.2, 0.25) is 0 Å². The van der Waals surface area contributed by atoms with Crippen LogP contribution in [0.15, 0.2) is 17.2 Å². The molecule has 1 aromatic heterocycles. The van der Waals surface area contributed by atoms with Crippen LogP contribution < -0.4 is 0 Å². The number of pyridine rings is 1. The van der Waals surface area contributed by atoms with Crippen molar-refractivity contribution < 1.29 is 23.1 Å². The van der Waals surface area contributed by atoms with E-state index in [9.17, 15) is 18.0 Å². The van der Waals surface area contributed by atoms with Gasteiger partial charge in [-0.1, -0.05) is 19.3 Å². The summed E-state index contributed by atoms with van der Waals surface area (Å²) in [4.78, 5) is 14.6. The monoisotopic (exact) mass is 305 g/mol. The van der Waals surface area contributed by atoms with Gasteiger partial charge in [-0.05, 0) is 25.0 Å². The Morgan fingerprint density at radius 3 is 2.45 bits per heavy atom. The minimum Gasteiger partial charge on any atom is -0.478 e. The Labute approximate surface area is 118 Å². The Balaban J connectivity index is 2.29. The number of aromatic carboxylic acids is 1. The van der Waals surface area contributed by atoms with E-state index in [0.717, 1.165) is 49.9 Å². The van der Waals surface area contributed by atoms with E-state index in [-0.39, 0.29) is 15.8 Å². The van der Waals surface area contributed by atoms with E-state index in [1.165, 1.54) is 0 Å². The largest absolute Gasteiger partial charge is 0.478 e. The third-order valence-corrected chi connectivity index (χ3v) is 4.55. The van der Waals surface area contributed by atoms with Crippen LogP contribution in [0.5, 0.6) is 0 Å². The maximum Gasteiger partial charge on any atom is 0.433 e. The fourth-order valence-corrected chi connectivity index (χ4v) is 3.51. The summed E-state index contributed by atoms with van der Waals surface area (Å²) in [6, 6.07) is 1.71. The highest BCUT2D eigenvalue weighted by atomic mass is 32.2. The highest BCUT2D eigenvalue weighted by molar-refractivity contribution is 7.99. The van der Waals surface area contributed by atoms with Gasteiger partial charge in [0.25, 0.3) is 0 Å². The zero-order chi connectivity index (χ0) is 14.8. The van der Waals surface area contributed by atoms with E-state index >= 15 is 0 Å². The summed E-state index contributed by atoms with van der Waals surface area (Å²) in [5, 5.41) is 9.18. The standard InChI is InChI=1S/C13H14F3NO2S/c14-13(15,16)10-7-6-9(12(18)19)11(17-10)20-8-4-2-1-3-5-8/h6-8H,1-5H2,(H,18,19). The lowest BCUT2D eigenvalue weighted by atomic mass is 10.0. The van der Waals surface area contributed by atoms with Gasteiger partial charge in [-0.2, -0.15) is 13.2 Å². The van der Waals surface area contributed by atoms with Crippen LogP contribution in [0.3, 0.4) is 0 Å². The van der Waals surface area contributed by atoms with Crippen molar-refractivity contribution in [2.45, 2.75) is 48.6 Å². The number of rotatable bonds is 3. The molecule has 1 saturated carbocycles. The summed E-state index contributed by atoms with van der Waals surface area (Å²) in [7, 11) is 0. The number of thioether (sulfide) groups is 1. The number of alkyl halides is 3. The summed E-state index contributed by atoms with van der Waals surface area (Å²) < 4.78 is 38.0. The molecule has 0 aromatic carbocycles. The number of hydrogen-bond donors (Lipinski definition) is 1. The molecule has 1 aliphatic carbocycles. The lowest BCUT2D eigenvalue weighted by Gasteiger charge is -2.21. The number of halogens is 3. The summed E-state index contributed by atoms with van der Waals surface area (Å²) in [5.41, 5.74) is -1.20. The number of carboxylic acids is 1. The van der Waals surface area contributed by atoms with Gasteiger partial charge in [0.1, 0.15) is 10.7 Å². The maximum absolute atomic E-state index is 12.7. The number of aromatic nitrogens is 1. The highest BCUT2D eigenvalue weighted by Gasteiger charge is 2.34. The molecule has 1 aromatic rings. The Morgan fingerprint density at radius 2 is 1.90 bits per heavy atom.